The summed E-state index contributed by atoms with van der Waals surface area (Å²) < 4.78 is 61.6. The number of alkyl halides is 3. The second kappa shape index (κ2) is 12.3. The van der Waals surface area contributed by atoms with Crippen LogP contribution in [0.3, 0.4) is 0 Å². The van der Waals surface area contributed by atoms with Crippen molar-refractivity contribution in [3.05, 3.63) is 53.1 Å². The van der Waals surface area contributed by atoms with Gasteiger partial charge in [-0.2, -0.15) is 18.2 Å². The van der Waals surface area contributed by atoms with Crippen molar-refractivity contribution in [2.45, 2.75) is 43.2 Å². The summed E-state index contributed by atoms with van der Waals surface area (Å²) in [6.45, 7) is 0.991. The number of aromatic nitrogens is 2. The number of para-hydroxylation sites is 1. The molecule has 0 atom stereocenters. The fourth-order valence-electron chi connectivity index (χ4n) is 4.10. The van der Waals surface area contributed by atoms with Crippen LogP contribution in [-0.2, 0) is 16.2 Å². The Bertz CT molecular complexity index is 1310. The molecule has 1 aliphatic carbocycles. The van der Waals surface area contributed by atoms with E-state index in [1.54, 1.807) is 0 Å². The molecule has 1 heterocycles. The number of hydrogen-bond donors (Lipinski definition) is 2. The molecule has 0 bridgehead atoms. The van der Waals surface area contributed by atoms with E-state index >= 15 is 0 Å². The molecule has 3 aromatic rings. The lowest BCUT2D eigenvalue weighted by Gasteiger charge is -2.22. The van der Waals surface area contributed by atoms with Crippen LogP contribution >= 0.6 is 11.6 Å². The second-order valence-electron chi connectivity index (χ2n) is 9.02. The lowest BCUT2D eigenvalue weighted by molar-refractivity contribution is -0.137. The van der Waals surface area contributed by atoms with Crippen LogP contribution in [0.1, 0.15) is 37.7 Å². The summed E-state index contributed by atoms with van der Waals surface area (Å²) in [6, 6.07) is 10.3. The maximum Gasteiger partial charge on any atom is 0.416 e. The number of sulfonamides is 1. The van der Waals surface area contributed by atoms with E-state index in [2.05, 4.69) is 32.3 Å². The SMILES string of the molecule is CN(C)c1nc(NCC2CCCCC2)nc2ccccc12.CNS(=O)(=O)c1cc(C(F)(F)F)ccc1Cl. The summed E-state index contributed by atoms with van der Waals surface area (Å²) >= 11 is 5.52. The highest BCUT2D eigenvalue weighted by atomic mass is 35.5. The van der Waals surface area contributed by atoms with Crippen molar-refractivity contribution in [3.63, 3.8) is 0 Å². The van der Waals surface area contributed by atoms with E-state index < -0.39 is 26.7 Å². The molecule has 0 amide bonds. The summed E-state index contributed by atoms with van der Waals surface area (Å²) in [4.78, 5) is 10.8. The van der Waals surface area contributed by atoms with Crippen molar-refractivity contribution in [1.82, 2.24) is 14.7 Å². The summed E-state index contributed by atoms with van der Waals surface area (Å²) in [7, 11) is 1.15. The first kappa shape index (κ1) is 28.9. The Kier molecular flexibility index (Phi) is 9.60. The minimum atomic E-state index is -4.61. The monoisotopic (exact) mass is 557 g/mol. The number of fused-ring (bicyclic) bond motifs is 1. The molecular weight excluding hydrogens is 527 g/mol. The van der Waals surface area contributed by atoms with Gasteiger partial charge < -0.3 is 10.2 Å². The largest absolute Gasteiger partial charge is 0.416 e. The van der Waals surface area contributed by atoms with Crippen molar-refractivity contribution in [1.29, 1.82) is 0 Å². The van der Waals surface area contributed by atoms with Crippen molar-refractivity contribution in [3.8, 4) is 0 Å². The normalized spacial score (nSPS) is 14.7. The van der Waals surface area contributed by atoms with Gasteiger partial charge in [0, 0.05) is 26.0 Å². The second-order valence-corrected chi connectivity index (χ2v) is 11.3. The highest BCUT2D eigenvalue weighted by Gasteiger charge is 2.32. The number of halogens is 4. The van der Waals surface area contributed by atoms with E-state index in [-0.39, 0.29) is 5.02 Å². The summed E-state index contributed by atoms with van der Waals surface area (Å²) in [5, 5.41) is 4.29. The minimum Gasteiger partial charge on any atom is -0.362 e. The Labute approximate surface area is 220 Å². The van der Waals surface area contributed by atoms with Gasteiger partial charge in [-0.25, -0.2) is 18.1 Å². The maximum absolute atomic E-state index is 12.3. The highest BCUT2D eigenvalue weighted by molar-refractivity contribution is 7.89. The zero-order chi connectivity index (χ0) is 27.2. The zero-order valence-corrected chi connectivity index (χ0v) is 22.5. The summed E-state index contributed by atoms with van der Waals surface area (Å²) in [5.74, 6) is 2.51. The van der Waals surface area contributed by atoms with E-state index in [0.717, 1.165) is 54.3 Å². The van der Waals surface area contributed by atoms with Crippen molar-refractivity contribution in [2.24, 2.45) is 5.92 Å². The number of benzene rings is 2. The number of anilines is 2. The molecule has 7 nitrogen and oxygen atoms in total. The van der Waals surface area contributed by atoms with Gasteiger partial charge in [0.05, 0.1) is 16.1 Å². The Hall–Kier alpha value is -2.63. The van der Waals surface area contributed by atoms with Crippen LogP contribution in [0.15, 0.2) is 47.4 Å². The van der Waals surface area contributed by atoms with Crippen LogP contribution in [0.5, 0.6) is 0 Å². The third-order valence-electron chi connectivity index (χ3n) is 6.10. The molecule has 1 saturated carbocycles. The van der Waals surface area contributed by atoms with E-state index in [9.17, 15) is 21.6 Å². The molecule has 2 N–H and O–H groups in total. The molecule has 1 fully saturated rings. The predicted octanol–water partition coefficient (Wildman–Crippen LogP) is 5.95. The highest BCUT2D eigenvalue weighted by Crippen LogP contribution is 2.33. The molecule has 0 saturated heterocycles. The third kappa shape index (κ3) is 7.68. The molecular formula is C25H31ClF3N5O2S. The molecule has 202 valence electrons. The van der Waals surface area contributed by atoms with Crippen LogP contribution in [-0.4, -0.2) is 46.1 Å². The predicted molar refractivity (Wildman–Crippen MR) is 142 cm³/mol. The first-order valence-electron chi connectivity index (χ1n) is 11.9. The maximum atomic E-state index is 12.3. The third-order valence-corrected chi connectivity index (χ3v) is 7.99. The topological polar surface area (TPSA) is 87.2 Å². The number of rotatable bonds is 6. The molecule has 0 unspecified atom stereocenters. The molecule has 37 heavy (non-hydrogen) atoms. The molecule has 1 aliphatic rings. The van der Waals surface area contributed by atoms with Gasteiger partial charge in [0.25, 0.3) is 0 Å². The van der Waals surface area contributed by atoms with Crippen molar-refractivity contribution < 1.29 is 21.6 Å². The lowest BCUT2D eigenvalue weighted by atomic mass is 9.89. The molecule has 4 rings (SSSR count). The van der Waals surface area contributed by atoms with Gasteiger partial charge in [-0.3, -0.25) is 0 Å². The quantitative estimate of drug-likeness (QED) is 0.389. The van der Waals surface area contributed by atoms with Crippen LogP contribution in [0.2, 0.25) is 5.02 Å². The van der Waals surface area contributed by atoms with Crippen LogP contribution < -0.4 is 14.9 Å². The Morgan fingerprint density at radius 2 is 1.73 bits per heavy atom. The van der Waals surface area contributed by atoms with E-state index in [1.807, 2.05) is 31.0 Å². The standard InChI is InChI=1S/C17H24N4.C8H7ClF3NO2S/c1-21(2)16-14-10-6-7-11-15(14)19-17(20-16)18-12-13-8-4-3-5-9-13;1-13-16(14,15)7-4-5(8(10,11)12)2-3-6(7)9/h6-7,10-11,13H,3-5,8-9,12H2,1-2H3,(H,18,19,20);2-4,13H,1H3. The minimum absolute atomic E-state index is 0.262. The van der Waals surface area contributed by atoms with Gasteiger partial charge in [-0.1, -0.05) is 43.0 Å². The summed E-state index contributed by atoms with van der Waals surface area (Å²) in [5.41, 5.74) is -0.0620. The molecule has 0 spiro atoms. The lowest BCUT2D eigenvalue weighted by Crippen LogP contribution is -2.19. The first-order chi connectivity index (χ1) is 17.4. The van der Waals surface area contributed by atoms with E-state index in [0.29, 0.717) is 6.07 Å². The zero-order valence-electron chi connectivity index (χ0n) is 20.9. The van der Waals surface area contributed by atoms with Gasteiger partial charge in [0.2, 0.25) is 16.0 Å². The van der Waals surface area contributed by atoms with Gasteiger partial charge in [0.1, 0.15) is 10.7 Å². The van der Waals surface area contributed by atoms with Crippen molar-refractivity contribution in [2.75, 3.05) is 37.9 Å². The van der Waals surface area contributed by atoms with Crippen LogP contribution in [0.25, 0.3) is 10.9 Å². The Morgan fingerprint density at radius 1 is 1.05 bits per heavy atom. The van der Waals surface area contributed by atoms with Gasteiger partial charge in [-0.15, -0.1) is 0 Å². The van der Waals surface area contributed by atoms with E-state index in [1.165, 1.54) is 32.1 Å². The molecule has 1 aromatic heterocycles. The average Bonchev–Trinajstić information content (AvgIpc) is 2.87. The first-order valence-corrected chi connectivity index (χ1v) is 13.8. The molecule has 12 heteroatoms. The molecule has 0 aliphatic heterocycles. The average molecular weight is 558 g/mol. The summed E-state index contributed by atoms with van der Waals surface area (Å²) in [6.07, 6.45) is 2.19. The smallest absolute Gasteiger partial charge is 0.362 e. The van der Waals surface area contributed by atoms with Crippen LogP contribution in [0.4, 0.5) is 24.9 Å². The molecule has 0 radical (unpaired) electrons. The Balaban J connectivity index is 0.000000214. The fraction of sp³-hybridized carbons (Fsp3) is 0.440. The molecule has 2 aromatic carbocycles. The van der Waals surface area contributed by atoms with E-state index in [4.69, 9.17) is 11.6 Å². The van der Waals surface area contributed by atoms with Crippen LogP contribution in [0, 0.1) is 5.92 Å². The number of nitrogens with one attached hydrogen (secondary N) is 2. The number of nitrogens with zero attached hydrogens (tertiary/aromatic N) is 3. The number of hydrogen-bond acceptors (Lipinski definition) is 6. The van der Waals surface area contributed by atoms with Gasteiger partial charge in [-0.05, 0) is 56.1 Å². The fourth-order valence-corrected chi connectivity index (χ4v) is 5.35. The van der Waals surface area contributed by atoms with Gasteiger partial charge in [0.15, 0.2) is 0 Å². The Morgan fingerprint density at radius 3 is 2.35 bits per heavy atom. The van der Waals surface area contributed by atoms with Gasteiger partial charge >= 0.3 is 6.18 Å². The van der Waals surface area contributed by atoms with Crippen molar-refractivity contribution >= 4 is 44.3 Å².